The summed E-state index contributed by atoms with van der Waals surface area (Å²) in [5, 5.41) is 17.6. The zero-order chi connectivity index (χ0) is 13.9. The molecule has 0 bridgehead atoms. The smallest absolute Gasteiger partial charge is 0.283 e. The van der Waals surface area contributed by atoms with Crippen molar-refractivity contribution in [3.05, 3.63) is 21.0 Å². The molecule has 0 aromatic carbocycles. The van der Waals surface area contributed by atoms with Gasteiger partial charge in [0.2, 0.25) is 0 Å². The van der Waals surface area contributed by atoms with Crippen LogP contribution >= 0.6 is 15.9 Å². The monoisotopic (exact) mass is 329 g/mol. The molecule has 0 unspecified atom stereocenters. The Morgan fingerprint density at radius 2 is 2.16 bits per heavy atom. The normalized spacial score (nSPS) is 18.3. The molecule has 5 nitrogen and oxygen atoms in total. The third kappa shape index (κ3) is 3.36. The van der Waals surface area contributed by atoms with Crippen molar-refractivity contribution in [1.29, 1.82) is 0 Å². The van der Waals surface area contributed by atoms with Crippen LogP contribution in [-0.2, 0) is 6.54 Å². The molecule has 0 radical (unpaired) electrons. The van der Waals surface area contributed by atoms with E-state index in [-0.39, 0.29) is 5.56 Å². The minimum atomic E-state index is -0.655. The van der Waals surface area contributed by atoms with E-state index in [9.17, 15) is 9.90 Å². The number of nitrogens with zero attached hydrogens (tertiary/aromatic N) is 2. The van der Waals surface area contributed by atoms with Gasteiger partial charge in [0, 0.05) is 13.1 Å². The van der Waals surface area contributed by atoms with Crippen LogP contribution in [0.1, 0.15) is 39.0 Å². The van der Waals surface area contributed by atoms with Crippen LogP contribution in [0.3, 0.4) is 0 Å². The fraction of sp³-hybridized carbons (Fsp3) is 0.692. The summed E-state index contributed by atoms with van der Waals surface area (Å²) in [5.74, 6) is 0. The van der Waals surface area contributed by atoms with Crippen molar-refractivity contribution >= 4 is 21.6 Å². The molecule has 0 amide bonds. The van der Waals surface area contributed by atoms with E-state index in [1.807, 2.05) is 6.92 Å². The molecule has 1 saturated carbocycles. The first-order valence-corrected chi connectivity index (χ1v) is 7.57. The molecule has 1 aromatic heterocycles. The highest BCUT2D eigenvalue weighted by Crippen LogP contribution is 2.28. The van der Waals surface area contributed by atoms with Crippen molar-refractivity contribution < 1.29 is 5.11 Å². The van der Waals surface area contributed by atoms with Gasteiger partial charge in [0.15, 0.2) is 0 Å². The zero-order valence-corrected chi connectivity index (χ0v) is 12.7. The minimum Gasteiger partial charge on any atom is -0.388 e. The third-order valence-electron chi connectivity index (χ3n) is 3.68. The highest BCUT2D eigenvalue weighted by Gasteiger charge is 2.29. The van der Waals surface area contributed by atoms with Crippen molar-refractivity contribution in [3.8, 4) is 0 Å². The largest absolute Gasteiger partial charge is 0.388 e. The van der Waals surface area contributed by atoms with Crippen LogP contribution in [0, 0.1) is 0 Å². The minimum absolute atomic E-state index is 0.150. The van der Waals surface area contributed by atoms with Crippen molar-refractivity contribution in [3.63, 3.8) is 0 Å². The van der Waals surface area contributed by atoms with Crippen molar-refractivity contribution in [2.75, 3.05) is 11.9 Å². The van der Waals surface area contributed by atoms with E-state index >= 15 is 0 Å². The van der Waals surface area contributed by atoms with E-state index < -0.39 is 5.60 Å². The van der Waals surface area contributed by atoms with Gasteiger partial charge in [-0.15, -0.1) is 0 Å². The van der Waals surface area contributed by atoms with E-state index in [1.165, 1.54) is 11.1 Å². The molecule has 2 rings (SSSR count). The van der Waals surface area contributed by atoms with Gasteiger partial charge in [-0.25, -0.2) is 4.68 Å². The lowest BCUT2D eigenvalue weighted by molar-refractivity contribution is 0.0167. The first-order chi connectivity index (χ1) is 9.06. The highest BCUT2D eigenvalue weighted by molar-refractivity contribution is 9.10. The number of anilines is 1. The van der Waals surface area contributed by atoms with Crippen LogP contribution < -0.4 is 10.9 Å². The number of nitrogens with one attached hydrogen (secondary N) is 1. The second kappa shape index (κ2) is 6.05. The second-order valence-corrected chi connectivity index (χ2v) is 5.92. The standard InChI is InChI=1S/C13H20BrN3O2/c1-2-17-12(18)11(14)10(8-16-17)15-9-13(19)6-4-3-5-7-13/h8,15,19H,2-7,9H2,1H3. The SMILES string of the molecule is CCn1ncc(NCC2(O)CCCCC2)c(Br)c1=O. The van der Waals surface area contributed by atoms with Gasteiger partial charge in [0.05, 0.1) is 17.5 Å². The topological polar surface area (TPSA) is 67.2 Å². The lowest BCUT2D eigenvalue weighted by Gasteiger charge is -2.32. The number of rotatable bonds is 4. The summed E-state index contributed by atoms with van der Waals surface area (Å²) in [5.41, 5.74) is -0.158. The second-order valence-electron chi connectivity index (χ2n) is 5.13. The maximum Gasteiger partial charge on any atom is 0.283 e. The van der Waals surface area contributed by atoms with E-state index in [2.05, 4.69) is 26.3 Å². The van der Waals surface area contributed by atoms with Gasteiger partial charge in [-0.3, -0.25) is 4.79 Å². The fourth-order valence-corrected chi connectivity index (χ4v) is 2.91. The van der Waals surface area contributed by atoms with Crippen molar-refractivity contribution in [1.82, 2.24) is 9.78 Å². The number of hydrogen-bond donors (Lipinski definition) is 2. The summed E-state index contributed by atoms with van der Waals surface area (Å²) < 4.78 is 1.87. The fourth-order valence-electron chi connectivity index (χ4n) is 2.46. The first-order valence-electron chi connectivity index (χ1n) is 6.77. The number of hydrogen-bond acceptors (Lipinski definition) is 4. The maximum absolute atomic E-state index is 11.9. The summed E-state index contributed by atoms with van der Waals surface area (Å²) in [7, 11) is 0. The van der Waals surface area contributed by atoms with Gasteiger partial charge in [0.1, 0.15) is 4.47 Å². The Labute approximate surface area is 121 Å². The van der Waals surface area contributed by atoms with Gasteiger partial charge in [-0.1, -0.05) is 19.3 Å². The van der Waals surface area contributed by atoms with E-state index in [0.717, 1.165) is 25.7 Å². The lowest BCUT2D eigenvalue weighted by Crippen LogP contribution is -2.39. The number of halogens is 1. The molecule has 1 fully saturated rings. The molecule has 106 valence electrons. The Morgan fingerprint density at radius 3 is 2.79 bits per heavy atom. The molecule has 0 saturated heterocycles. The Bertz CT molecular complexity index is 495. The van der Waals surface area contributed by atoms with Crippen LogP contribution in [0.25, 0.3) is 0 Å². The van der Waals surface area contributed by atoms with Gasteiger partial charge in [-0.05, 0) is 35.7 Å². The van der Waals surface area contributed by atoms with Crippen LogP contribution in [0.5, 0.6) is 0 Å². The predicted molar refractivity (Wildman–Crippen MR) is 78.4 cm³/mol. The Morgan fingerprint density at radius 1 is 1.47 bits per heavy atom. The molecule has 6 heteroatoms. The van der Waals surface area contributed by atoms with Gasteiger partial charge < -0.3 is 10.4 Å². The van der Waals surface area contributed by atoms with Crippen LogP contribution in [0.15, 0.2) is 15.5 Å². The van der Waals surface area contributed by atoms with Gasteiger partial charge >= 0.3 is 0 Å². The zero-order valence-electron chi connectivity index (χ0n) is 11.2. The third-order valence-corrected chi connectivity index (χ3v) is 4.44. The maximum atomic E-state index is 11.9. The molecule has 1 heterocycles. The molecular formula is C13H20BrN3O2. The Balaban J connectivity index is 2.07. The lowest BCUT2D eigenvalue weighted by atomic mass is 9.85. The average Bonchev–Trinajstić information content (AvgIpc) is 2.41. The molecule has 19 heavy (non-hydrogen) atoms. The van der Waals surface area contributed by atoms with Crippen LogP contribution in [0.2, 0.25) is 0 Å². The average molecular weight is 330 g/mol. The number of aliphatic hydroxyl groups is 1. The summed E-state index contributed by atoms with van der Waals surface area (Å²) >= 11 is 3.30. The Kier molecular flexibility index (Phi) is 4.62. The molecule has 1 aliphatic rings. The molecule has 0 atom stereocenters. The quantitative estimate of drug-likeness (QED) is 0.888. The van der Waals surface area contributed by atoms with E-state index in [4.69, 9.17) is 0 Å². The predicted octanol–water partition coefficient (Wildman–Crippen LogP) is 2.13. The van der Waals surface area contributed by atoms with Crippen LogP contribution in [-0.4, -0.2) is 27.0 Å². The molecule has 0 spiro atoms. The highest BCUT2D eigenvalue weighted by atomic mass is 79.9. The first kappa shape index (κ1) is 14.5. The van der Waals surface area contributed by atoms with Crippen molar-refractivity contribution in [2.45, 2.75) is 51.2 Å². The molecule has 0 aliphatic heterocycles. The summed E-state index contributed by atoms with van der Waals surface area (Å²) in [6.45, 7) is 2.88. The molecule has 1 aliphatic carbocycles. The van der Waals surface area contributed by atoms with Crippen LogP contribution in [0.4, 0.5) is 5.69 Å². The van der Waals surface area contributed by atoms with E-state index in [1.54, 1.807) is 6.20 Å². The Hall–Kier alpha value is -0.880. The number of aryl methyl sites for hydroxylation is 1. The molecule has 2 N–H and O–H groups in total. The summed E-state index contributed by atoms with van der Waals surface area (Å²) in [6, 6.07) is 0. The van der Waals surface area contributed by atoms with Gasteiger partial charge in [-0.2, -0.15) is 5.10 Å². The van der Waals surface area contributed by atoms with Gasteiger partial charge in [0.25, 0.3) is 5.56 Å². The summed E-state index contributed by atoms with van der Waals surface area (Å²) in [6.07, 6.45) is 6.58. The molecule has 1 aromatic rings. The summed E-state index contributed by atoms with van der Waals surface area (Å²) in [4.78, 5) is 11.9. The van der Waals surface area contributed by atoms with E-state index in [0.29, 0.717) is 23.2 Å². The number of aromatic nitrogens is 2. The van der Waals surface area contributed by atoms with Crippen molar-refractivity contribution in [2.24, 2.45) is 0 Å². The molecular weight excluding hydrogens is 310 g/mol.